The van der Waals surface area contributed by atoms with Crippen molar-refractivity contribution in [2.75, 3.05) is 13.1 Å². The Bertz CT molecular complexity index is 674. The summed E-state index contributed by atoms with van der Waals surface area (Å²) in [5, 5.41) is 4.11. The third kappa shape index (κ3) is 2.90. The molecule has 0 spiro atoms. The molecule has 0 unspecified atom stereocenters. The van der Waals surface area contributed by atoms with Gasteiger partial charge in [-0.05, 0) is 37.5 Å². The third-order valence-electron chi connectivity index (χ3n) is 3.85. The van der Waals surface area contributed by atoms with Crippen LogP contribution in [0, 0.1) is 0 Å². The molecule has 0 aromatic carbocycles. The van der Waals surface area contributed by atoms with E-state index in [1.807, 2.05) is 4.90 Å². The first kappa shape index (κ1) is 15.1. The number of thiophene rings is 1. The molecule has 0 radical (unpaired) electrons. The molecule has 0 atom stereocenters. The molecule has 1 aliphatic heterocycles. The number of amides is 1. The summed E-state index contributed by atoms with van der Waals surface area (Å²) in [6.07, 6.45) is 0.703. The van der Waals surface area contributed by atoms with Gasteiger partial charge in [-0.2, -0.15) is 5.10 Å². The highest BCUT2D eigenvalue weighted by Gasteiger charge is 2.21. The summed E-state index contributed by atoms with van der Waals surface area (Å²) >= 11 is 1.31. The molecule has 0 aliphatic carbocycles. The molecule has 0 bridgehead atoms. The molecule has 7 heteroatoms. The van der Waals surface area contributed by atoms with Gasteiger partial charge in [0.05, 0.1) is 9.75 Å². The smallest absolute Gasteiger partial charge is 0.280 e. The topological polar surface area (TPSA) is 38.1 Å². The van der Waals surface area contributed by atoms with Crippen molar-refractivity contribution < 1.29 is 13.6 Å². The van der Waals surface area contributed by atoms with Gasteiger partial charge >= 0.3 is 0 Å². The van der Waals surface area contributed by atoms with E-state index in [1.54, 1.807) is 12.1 Å². The number of likely N-dealkylation sites (tertiary alicyclic amines) is 1. The number of hydrogen-bond acceptors (Lipinski definition) is 3. The molecule has 0 N–H and O–H groups in total. The third-order valence-corrected chi connectivity index (χ3v) is 4.95. The molecule has 22 heavy (non-hydrogen) atoms. The van der Waals surface area contributed by atoms with E-state index in [1.165, 1.54) is 35.6 Å². The van der Waals surface area contributed by atoms with Crippen LogP contribution in [0.4, 0.5) is 8.78 Å². The van der Waals surface area contributed by atoms with E-state index in [4.69, 9.17) is 0 Å². The largest absolute Gasteiger partial charge is 0.338 e. The zero-order valence-corrected chi connectivity index (χ0v) is 13.1. The summed E-state index contributed by atoms with van der Waals surface area (Å²) in [4.78, 5) is 15.7. The zero-order valence-electron chi connectivity index (χ0n) is 12.3. The van der Waals surface area contributed by atoms with Gasteiger partial charge in [-0.15, -0.1) is 11.3 Å². The molecule has 3 heterocycles. The van der Waals surface area contributed by atoms with Crippen molar-refractivity contribution in [2.24, 2.45) is 7.05 Å². The predicted molar refractivity (Wildman–Crippen MR) is 81.2 cm³/mol. The second-order valence-corrected chi connectivity index (χ2v) is 6.48. The van der Waals surface area contributed by atoms with Crippen molar-refractivity contribution in [3.05, 3.63) is 28.8 Å². The predicted octanol–water partition coefficient (Wildman–Crippen LogP) is 3.71. The lowest BCUT2D eigenvalue weighted by atomic mass is 10.1. The van der Waals surface area contributed by atoms with Gasteiger partial charge < -0.3 is 4.90 Å². The maximum absolute atomic E-state index is 12.8. The minimum absolute atomic E-state index is 0.0287. The Morgan fingerprint density at radius 1 is 1.27 bits per heavy atom. The Kier molecular flexibility index (Phi) is 4.24. The fourth-order valence-corrected chi connectivity index (χ4v) is 3.58. The van der Waals surface area contributed by atoms with Crippen molar-refractivity contribution in [2.45, 2.75) is 25.7 Å². The first-order chi connectivity index (χ1) is 10.6. The average molecular weight is 325 g/mol. The number of alkyl halides is 2. The van der Waals surface area contributed by atoms with Gasteiger partial charge in [0.15, 0.2) is 0 Å². The first-order valence-electron chi connectivity index (χ1n) is 7.28. The Balaban J connectivity index is 1.81. The standard InChI is InChI=1S/C15H17F2N3OS/c1-19-11(14(16)17)9-10(18-19)12-5-6-13(22-12)15(21)20-7-3-2-4-8-20/h5-6,9,14H,2-4,7-8H2,1H3. The Morgan fingerprint density at radius 2 is 2.00 bits per heavy atom. The van der Waals surface area contributed by atoms with Crippen LogP contribution in [0.25, 0.3) is 10.6 Å². The normalized spacial score (nSPS) is 15.5. The number of halogens is 2. The van der Waals surface area contributed by atoms with Crippen LogP contribution in [-0.4, -0.2) is 33.7 Å². The van der Waals surface area contributed by atoms with Crippen LogP contribution in [0.5, 0.6) is 0 Å². The molecule has 118 valence electrons. The molecular weight excluding hydrogens is 308 g/mol. The van der Waals surface area contributed by atoms with Crippen LogP contribution in [0.3, 0.4) is 0 Å². The molecule has 3 rings (SSSR count). The Hall–Kier alpha value is -1.76. The highest BCUT2D eigenvalue weighted by molar-refractivity contribution is 7.17. The van der Waals surface area contributed by atoms with Crippen LogP contribution < -0.4 is 0 Å². The zero-order chi connectivity index (χ0) is 15.7. The van der Waals surface area contributed by atoms with Crippen LogP contribution in [0.2, 0.25) is 0 Å². The lowest BCUT2D eigenvalue weighted by Gasteiger charge is -2.26. The molecule has 4 nitrogen and oxygen atoms in total. The van der Waals surface area contributed by atoms with Crippen molar-refractivity contribution in [1.29, 1.82) is 0 Å². The van der Waals surface area contributed by atoms with Gasteiger partial charge in [-0.1, -0.05) is 0 Å². The second kappa shape index (κ2) is 6.16. The molecule has 2 aromatic rings. The van der Waals surface area contributed by atoms with Crippen LogP contribution in [0.15, 0.2) is 18.2 Å². The van der Waals surface area contributed by atoms with Crippen LogP contribution in [-0.2, 0) is 7.05 Å². The summed E-state index contributed by atoms with van der Waals surface area (Å²) in [7, 11) is 1.50. The number of carbonyl (C=O) groups is 1. The molecular formula is C15H17F2N3OS. The van der Waals surface area contributed by atoms with Crippen molar-refractivity contribution >= 4 is 17.2 Å². The second-order valence-electron chi connectivity index (χ2n) is 5.40. The van der Waals surface area contributed by atoms with E-state index in [9.17, 15) is 13.6 Å². The first-order valence-corrected chi connectivity index (χ1v) is 8.09. The number of aryl methyl sites for hydroxylation is 1. The molecule has 2 aromatic heterocycles. The number of aromatic nitrogens is 2. The van der Waals surface area contributed by atoms with Crippen molar-refractivity contribution in [3.8, 4) is 10.6 Å². The lowest BCUT2D eigenvalue weighted by molar-refractivity contribution is 0.0729. The number of carbonyl (C=O) groups excluding carboxylic acids is 1. The van der Waals surface area contributed by atoms with Crippen LogP contribution >= 0.6 is 11.3 Å². The molecule has 1 saturated heterocycles. The fourth-order valence-electron chi connectivity index (χ4n) is 2.65. The fraction of sp³-hybridized carbons (Fsp3) is 0.467. The van der Waals surface area contributed by atoms with Gasteiger partial charge in [0.25, 0.3) is 12.3 Å². The van der Waals surface area contributed by atoms with E-state index >= 15 is 0 Å². The van der Waals surface area contributed by atoms with E-state index in [0.717, 1.165) is 30.8 Å². The van der Waals surface area contributed by atoms with Gasteiger partial charge in [0.2, 0.25) is 0 Å². The van der Waals surface area contributed by atoms with Gasteiger partial charge in [0.1, 0.15) is 11.4 Å². The summed E-state index contributed by atoms with van der Waals surface area (Å²) in [6.45, 7) is 1.59. The molecule has 1 amide bonds. The van der Waals surface area contributed by atoms with E-state index in [-0.39, 0.29) is 11.6 Å². The summed E-state index contributed by atoms with van der Waals surface area (Å²) in [6, 6.07) is 4.92. The summed E-state index contributed by atoms with van der Waals surface area (Å²) in [5.41, 5.74) is 0.368. The van der Waals surface area contributed by atoms with E-state index < -0.39 is 6.43 Å². The number of rotatable bonds is 3. The number of nitrogens with zero attached hydrogens (tertiary/aromatic N) is 3. The molecule has 1 aliphatic rings. The monoisotopic (exact) mass is 325 g/mol. The van der Waals surface area contributed by atoms with Gasteiger partial charge in [0, 0.05) is 20.1 Å². The highest BCUT2D eigenvalue weighted by Crippen LogP contribution is 2.31. The Morgan fingerprint density at radius 3 is 2.64 bits per heavy atom. The Labute approximate surface area is 131 Å². The van der Waals surface area contributed by atoms with Gasteiger partial charge in [-0.25, -0.2) is 8.78 Å². The van der Waals surface area contributed by atoms with Crippen molar-refractivity contribution in [1.82, 2.24) is 14.7 Å². The quantitative estimate of drug-likeness (QED) is 0.863. The molecule has 0 saturated carbocycles. The van der Waals surface area contributed by atoms with Gasteiger partial charge in [-0.3, -0.25) is 9.48 Å². The minimum atomic E-state index is -2.55. The summed E-state index contributed by atoms with van der Waals surface area (Å²) < 4.78 is 26.8. The lowest BCUT2D eigenvalue weighted by Crippen LogP contribution is -2.35. The van der Waals surface area contributed by atoms with Crippen molar-refractivity contribution in [3.63, 3.8) is 0 Å². The number of hydrogen-bond donors (Lipinski definition) is 0. The summed E-state index contributed by atoms with van der Waals surface area (Å²) in [5.74, 6) is 0.0287. The van der Waals surface area contributed by atoms with E-state index in [2.05, 4.69) is 5.10 Å². The highest BCUT2D eigenvalue weighted by atomic mass is 32.1. The maximum Gasteiger partial charge on any atom is 0.280 e. The minimum Gasteiger partial charge on any atom is -0.338 e. The SMILES string of the molecule is Cn1nc(-c2ccc(C(=O)N3CCCCC3)s2)cc1C(F)F. The number of piperidine rings is 1. The van der Waals surface area contributed by atoms with Crippen LogP contribution in [0.1, 0.15) is 41.1 Å². The maximum atomic E-state index is 12.8. The molecule has 1 fully saturated rings. The average Bonchev–Trinajstić information content (AvgIpc) is 3.14. The van der Waals surface area contributed by atoms with E-state index in [0.29, 0.717) is 10.6 Å².